The van der Waals surface area contributed by atoms with Gasteiger partial charge in [0.2, 0.25) is 5.91 Å². The van der Waals surface area contributed by atoms with Gasteiger partial charge in [0.15, 0.2) is 11.0 Å². The number of allylic oxidation sites excluding steroid dienone is 2. The van der Waals surface area contributed by atoms with Crippen molar-refractivity contribution in [3.8, 4) is 28.6 Å². The van der Waals surface area contributed by atoms with E-state index in [0.29, 0.717) is 34.5 Å². The third-order valence-corrected chi connectivity index (χ3v) is 8.78. The first-order valence-electron chi connectivity index (χ1n) is 15.1. The van der Waals surface area contributed by atoms with Crippen LogP contribution < -0.4 is 19.7 Å². The fourth-order valence-corrected chi connectivity index (χ4v) is 6.46. The zero-order valence-corrected chi connectivity index (χ0v) is 27.1. The number of alkyl halides is 3. The Kier molecular flexibility index (Phi) is 9.27. The second-order valence-electron chi connectivity index (χ2n) is 11.4. The summed E-state index contributed by atoms with van der Waals surface area (Å²) in [7, 11) is 1.56. The van der Waals surface area contributed by atoms with Crippen LogP contribution in [-0.4, -0.2) is 51.1 Å². The average Bonchev–Trinajstić information content (AvgIpc) is 3.81. The molecule has 1 aromatic heterocycles. The molecule has 6 rings (SSSR count). The lowest BCUT2D eigenvalue weighted by molar-refractivity contribution is -0.274. The third kappa shape index (κ3) is 7.23. The second-order valence-corrected chi connectivity index (χ2v) is 12.3. The number of carbonyl (C=O) groups excluding carboxylic acids is 2. The van der Waals surface area contributed by atoms with Crippen molar-refractivity contribution in [2.75, 3.05) is 17.8 Å². The molecule has 1 N–H and O–H groups in total. The largest absolute Gasteiger partial charge is 0.573 e. The monoisotopic (exact) mass is 676 g/mol. The first-order valence-corrected chi connectivity index (χ1v) is 16.1. The number of ether oxygens (including phenoxy) is 2. The van der Waals surface area contributed by atoms with Crippen LogP contribution in [0, 0.1) is 0 Å². The number of nitrogens with zero attached hydrogens (tertiary/aromatic N) is 5. The number of aliphatic imine (C=N–C) groups is 1. The van der Waals surface area contributed by atoms with E-state index in [-0.39, 0.29) is 23.3 Å². The first kappa shape index (κ1) is 32.8. The molecule has 1 aliphatic carbocycles. The Morgan fingerprint density at radius 1 is 1.00 bits per heavy atom. The first-order chi connectivity index (χ1) is 23.0. The molecule has 1 fully saturated rings. The molecule has 0 bridgehead atoms. The molecule has 0 spiro atoms. The van der Waals surface area contributed by atoms with Gasteiger partial charge in [0, 0.05) is 17.3 Å². The number of amides is 3. The van der Waals surface area contributed by atoms with Crippen molar-refractivity contribution >= 4 is 40.1 Å². The van der Waals surface area contributed by atoms with Crippen LogP contribution in [0.2, 0.25) is 0 Å². The lowest BCUT2D eigenvalue weighted by atomic mass is 10.00. The van der Waals surface area contributed by atoms with Gasteiger partial charge in [-0.25, -0.2) is 14.5 Å². The number of halogens is 3. The lowest BCUT2D eigenvalue weighted by Crippen LogP contribution is -2.32. The summed E-state index contributed by atoms with van der Waals surface area (Å²) in [4.78, 5) is 36.4. The molecule has 14 heteroatoms. The number of rotatable bonds is 8. The molecule has 0 radical (unpaired) electrons. The summed E-state index contributed by atoms with van der Waals surface area (Å²) in [6, 6.07) is 18.0. The predicted octanol–water partition coefficient (Wildman–Crippen LogP) is 7.71. The molecule has 248 valence electrons. The summed E-state index contributed by atoms with van der Waals surface area (Å²) in [6.45, 7) is 4.07. The lowest BCUT2D eigenvalue weighted by Gasteiger charge is -2.22. The number of thioether (sulfide) groups is 1. The Balaban J connectivity index is 1.17. The number of urea groups is 1. The number of aromatic nitrogens is 3. The fourth-order valence-electron chi connectivity index (χ4n) is 5.60. The highest BCUT2D eigenvalue weighted by Crippen LogP contribution is 2.37. The van der Waals surface area contributed by atoms with E-state index in [1.165, 1.54) is 51.9 Å². The van der Waals surface area contributed by atoms with E-state index in [9.17, 15) is 22.8 Å². The van der Waals surface area contributed by atoms with E-state index >= 15 is 0 Å². The maximum absolute atomic E-state index is 13.2. The molecule has 0 saturated carbocycles. The van der Waals surface area contributed by atoms with Gasteiger partial charge in [0.25, 0.3) is 0 Å². The molecule has 1 saturated heterocycles. The van der Waals surface area contributed by atoms with Crippen molar-refractivity contribution in [1.29, 1.82) is 0 Å². The summed E-state index contributed by atoms with van der Waals surface area (Å²) in [5, 5.41) is 7.74. The highest BCUT2D eigenvalue weighted by molar-refractivity contribution is 8.15. The summed E-state index contributed by atoms with van der Waals surface area (Å²) < 4.78 is 48.2. The number of hydrogen-bond acceptors (Lipinski definition) is 7. The highest BCUT2D eigenvalue weighted by atomic mass is 32.2. The number of amidine groups is 1. The Hall–Kier alpha value is -5.11. The molecule has 2 aliphatic rings. The maximum Gasteiger partial charge on any atom is 0.573 e. The zero-order chi connectivity index (χ0) is 34.0. The van der Waals surface area contributed by atoms with E-state index in [2.05, 4.69) is 25.1 Å². The fraction of sp³-hybridized carbons (Fsp3) is 0.265. The Morgan fingerprint density at radius 2 is 1.71 bits per heavy atom. The molecule has 48 heavy (non-hydrogen) atoms. The Morgan fingerprint density at radius 3 is 2.40 bits per heavy atom. The van der Waals surface area contributed by atoms with Gasteiger partial charge in [-0.15, -0.1) is 18.3 Å². The Labute approximate surface area is 278 Å². The standard InChI is InChI=1S/C34H31F3N6O4S/c1-20(2)26-16-15-25(46-3)17-29(26)43-30(44)18-48-33(43)40-32(45)39-28-6-4-5-27(28)21-7-9-22(10-8-21)31-38-19-42(41-31)23-11-13-24(14-12-23)47-34(35,36)37/h7-17,19-20H,4-6,18H2,1-3H3,(H,39,45). The minimum absolute atomic E-state index is 0.131. The van der Waals surface area contributed by atoms with Crippen LogP contribution in [0.25, 0.3) is 22.6 Å². The number of carbonyl (C=O) groups is 2. The smallest absolute Gasteiger partial charge is 0.497 e. The van der Waals surface area contributed by atoms with Crippen LogP contribution in [0.4, 0.5) is 23.7 Å². The molecule has 1 aliphatic heterocycles. The minimum atomic E-state index is -4.77. The number of anilines is 1. The van der Waals surface area contributed by atoms with Crippen molar-refractivity contribution in [1.82, 2.24) is 20.1 Å². The highest BCUT2D eigenvalue weighted by Gasteiger charge is 2.33. The molecule has 3 amide bonds. The van der Waals surface area contributed by atoms with E-state index in [4.69, 9.17) is 4.74 Å². The molecular weight excluding hydrogens is 645 g/mol. The van der Waals surface area contributed by atoms with Crippen molar-refractivity contribution < 1.29 is 32.2 Å². The van der Waals surface area contributed by atoms with Crippen LogP contribution in [0.3, 0.4) is 0 Å². The van der Waals surface area contributed by atoms with Crippen LogP contribution in [0.5, 0.6) is 11.5 Å². The van der Waals surface area contributed by atoms with Gasteiger partial charge in [-0.3, -0.25) is 9.69 Å². The van der Waals surface area contributed by atoms with Gasteiger partial charge in [0.05, 0.1) is 24.2 Å². The van der Waals surface area contributed by atoms with Crippen molar-refractivity contribution in [3.63, 3.8) is 0 Å². The van der Waals surface area contributed by atoms with Gasteiger partial charge < -0.3 is 14.8 Å². The SMILES string of the molecule is COc1ccc(C(C)C)c(N2C(=O)CSC2=NC(=O)NC2=C(c3ccc(-c4ncn(-c5ccc(OC(F)(F)F)cc5)n4)cc3)CCC2)c1. The summed E-state index contributed by atoms with van der Waals surface area (Å²) >= 11 is 1.22. The van der Waals surface area contributed by atoms with Gasteiger partial charge in [-0.1, -0.05) is 55.9 Å². The number of methoxy groups -OCH3 is 1. The van der Waals surface area contributed by atoms with Crippen LogP contribution >= 0.6 is 11.8 Å². The quantitative estimate of drug-likeness (QED) is 0.204. The van der Waals surface area contributed by atoms with Gasteiger partial charge in [-0.2, -0.15) is 4.99 Å². The van der Waals surface area contributed by atoms with E-state index in [1.807, 2.05) is 50.2 Å². The van der Waals surface area contributed by atoms with Gasteiger partial charge in [-0.05, 0) is 72.2 Å². The van der Waals surface area contributed by atoms with Crippen LogP contribution in [0.15, 0.2) is 83.7 Å². The van der Waals surface area contributed by atoms with E-state index in [0.717, 1.165) is 40.8 Å². The van der Waals surface area contributed by atoms with Crippen molar-refractivity contribution in [2.45, 2.75) is 45.4 Å². The number of hydrogen-bond donors (Lipinski definition) is 1. The maximum atomic E-state index is 13.2. The van der Waals surface area contributed by atoms with Crippen LogP contribution in [-0.2, 0) is 4.79 Å². The van der Waals surface area contributed by atoms with Gasteiger partial charge >= 0.3 is 12.4 Å². The Bertz CT molecular complexity index is 1900. The second kappa shape index (κ2) is 13.6. The van der Waals surface area contributed by atoms with Crippen molar-refractivity contribution in [2.24, 2.45) is 4.99 Å². The normalized spacial score (nSPS) is 15.9. The number of nitrogens with one attached hydrogen (secondary N) is 1. The zero-order valence-electron chi connectivity index (χ0n) is 26.2. The third-order valence-electron chi connectivity index (χ3n) is 7.86. The topological polar surface area (TPSA) is 111 Å². The van der Waals surface area contributed by atoms with E-state index in [1.54, 1.807) is 13.2 Å². The molecule has 10 nitrogen and oxygen atoms in total. The van der Waals surface area contributed by atoms with Gasteiger partial charge in [0.1, 0.15) is 17.8 Å². The predicted molar refractivity (Wildman–Crippen MR) is 177 cm³/mol. The van der Waals surface area contributed by atoms with Crippen molar-refractivity contribution in [3.05, 3.63) is 89.9 Å². The summed E-state index contributed by atoms with van der Waals surface area (Å²) in [6.07, 6.45) is -0.976. The molecule has 4 aromatic rings. The summed E-state index contributed by atoms with van der Waals surface area (Å²) in [5.41, 5.74) is 5.57. The molecule has 0 atom stereocenters. The van der Waals surface area contributed by atoms with E-state index < -0.39 is 12.4 Å². The average molecular weight is 677 g/mol. The number of benzene rings is 3. The summed E-state index contributed by atoms with van der Waals surface area (Å²) in [5.74, 6) is 0.867. The van der Waals surface area contributed by atoms with Crippen LogP contribution in [0.1, 0.15) is 50.2 Å². The minimum Gasteiger partial charge on any atom is -0.497 e. The molecule has 0 unspecified atom stereocenters. The molecule has 2 heterocycles. The molecular formula is C34H31F3N6O4S. The molecule has 3 aromatic carbocycles.